The lowest BCUT2D eigenvalue weighted by atomic mass is 9.85. The van der Waals surface area contributed by atoms with Crippen LogP contribution in [-0.4, -0.2) is 46.1 Å². The molecule has 0 saturated heterocycles. The minimum Gasteiger partial charge on any atom is -0.480 e. The Morgan fingerprint density at radius 3 is 2.52 bits per heavy atom. The van der Waals surface area contributed by atoms with Gasteiger partial charge in [-0.2, -0.15) is 13.2 Å². The number of anilines is 1. The molecule has 3 rings (SSSR count). The van der Waals surface area contributed by atoms with Crippen LogP contribution in [0.2, 0.25) is 0 Å². The van der Waals surface area contributed by atoms with Crippen molar-refractivity contribution in [3.05, 3.63) is 33.9 Å². The molecule has 1 aromatic carbocycles. The summed E-state index contributed by atoms with van der Waals surface area (Å²) >= 11 is 0. The monoisotopic (exact) mass is 387 g/mol. The van der Waals surface area contributed by atoms with E-state index in [4.69, 9.17) is 5.11 Å². The number of nitrogens with zero attached hydrogens (tertiary/aromatic N) is 2. The first-order chi connectivity index (χ1) is 12.6. The van der Waals surface area contributed by atoms with E-state index < -0.39 is 28.3 Å². The van der Waals surface area contributed by atoms with Crippen LogP contribution in [0.4, 0.5) is 24.5 Å². The van der Waals surface area contributed by atoms with E-state index in [9.17, 15) is 28.1 Å². The average molecular weight is 387 g/mol. The molecule has 2 fully saturated rings. The second-order valence-electron chi connectivity index (χ2n) is 7.22. The van der Waals surface area contributed by atoms with Gasteiger partial charge in [-0.3, -0.25) is 19.8 Å². The van der Waals surface area contributed by atoms with Crippen LogP contribution in [0.25, 0.3) is 0 Å². The van der Waals surface area contributed by atoms with Gasteiger partial charge in [0.1, 0.15) is 5.56 Å². The van der Waals surface area contributed by atoms with Crippen molar-refractivity contribution in [3.63, 3.8) is 0 Å². The predicted octanol–water partition coefficient (Wildman–Crippen LogP) is 3.35. The van der Waals surface area contributed by atoms with Crippen LogP contribution < -0.4 is 5.32 Å². The Bertz CT molecular complexity index is 731. The number of alkyl halides is 3. The van der Waals surface area contributed by atoms with E-state index >= 15 is 0 Å². The van der Waals surface area contributed by atoms with Crippen LogP contribution in [0.3, 0.4) is 0 Å². The molecular formula is C17H20F3N3O4. The molecule has 1 aromatic rings. The quantitative estimate of drug-likeness (QED) is 0.525. The Morgan fingerprint density at radius 1 is 1.33 bits per heavy atom. The van der Waals surface area contributed by atoms with Crippen molar-refractivity contribution in [1.82, 2.24) is 4.90 Å². The van der Waals surface area contributed by atoms with Crippen molar-refractivity contribution >= 4 is 17.3 Å². The van der Waals surface area contributed by atoms with E-state index in [-0.39, 0.29) is 24.3 Å². The Labute approximate surface area is 153 Å². The van der Waals surface area contributed by atoms with Crippen LogP contribution in [0.1, 0.15) is 31.2 Å². The highest BCUT2D eigenvalue weighted by Crippen LogP contribution is 2.39. The number of carboxylic acid groups (broad SMARTS) is 1. The van der Waals surface area contributed by atoms with E-state index in [1.54, 1.807) is 0 Å². The second kappa shape index (κ2) is 7.34. The summed E-state index contributed by atoms with van der Waals surface area (Å²) in [6.07, 6.45) is -1.36. The molecule has 0 amide bonds. The molecule has 0 radical (unpaired) electrons. The lowest BCUT2D eigenvalue weighted by Gasteiger charge is -2.43. The lowest BCUT2D eigenvalue weighted by molar-refractivity contribution is -0.388. The number of rotatable bonds is 8. The minimum absolute atomic E-state index is 0.0381. The van der Waals surface area contributed by atoms with Gasteiger partial charge in [-0.1, -0.05) is 0 Å². The van der Waals surface area contributed by atoms with Gasteiger partial charge in [0.2, 0.25) is 0 Å². The summed E-state index contributed by atoms with van der Waals surface area (Å²) in [7, 11) is 0. The molecule has 2 saturated carbocycles. The fourth-order valence-corrected chi connectivity index (χ4v) is 3.40. The number of nitro groups is 1. The van der Waals surface area contributed by atoms with Gasteiger partial charge >= 0.3 is 12.1 Å². The molecule has 2 aliphatic rings. The third kappa shape index (κ3) is 4.88. The van der Waals surface area contributed by atoms with Crippen molar-refractivity contribution in [2.75, 3.05) is 18.4 Å². The zero-order valence-corrected chi connectivity index (χ0v) is 14.4. The van der Waals surface area contributed by atoms with Gasteiger partial charge in [-0.25, -0.2) is 0 Å². The number of hydrogen-bond acceptors (Lipinski definition) is 5. The van der Waals surface area contributed by atoms with Crippen molar-refractivity contribution in [2.45, 2.75) is 43.9 Å². The van der Waals surface area contributed by atoms with Crippen molar-refractivity contribution < 1.29 is 28.0 Å². The van der Waals surface area contributed by atoms with Gasteiger partial charge in [0.15, 0.2) is 0 Å². The highest BCUT2D eigenvalue weighted by molar-refractivity contribution is 5.69. The molecular weight excluding hydrogens is 367 g/mol. The Balaban J connectivity index is 1.62. The number of carboxylic acids is 1. The Kier molecular flexibility index (Phi) is 5.27. The molecule has 0 spiro atoms. The molecule has 10 heteroatoms. The van der Waals surface area contributed by atoms with Crippen LogP contribution in [0.15, 0.2) is 18.2 Å². The summed E-state index contributed by atoms with van der Waals surface area (Å²) in [5.74, 6) is -0.349. The van der Waals surface area contributed by atoms with Crippen molar-refractivity contribution in [2.24, 2.45) is 5.92 Å². The van der Waals surface area contributed by atoms with Crippen LogP contribution >= 0.6 is 0 Å². The number of halogens is 3. The Morgan fingerprint density at radius 2 is 2.00 bits per heavy atom. The summed E-state index contributed by atoms with van der Waals surface area (Å²) < 4.78 is 39.1. The van der Waals surface area contributed by atoms with Gasteiger partial charge in [0.05, 0.1) is 11.5 Å². The normalized spacial score (nSPS) is 22.4. The molecule has 0 heterocycles. The number of nitro benzene ring substituents is 1. The number of benzene rings is 1. The third-order valence-corrected chi connectivity index (χ3v) is 5.03. The molecule has 0 unspecified atom stereocenters. The van der Waals surface area contributed by atoms with Crippen LogP contribution in [0, 0.1) is 16.0 Å². The number of nitrogens with one attached hydrogen (secondary N) is 1. The number of aliphatic carboxylic acids is 1. The first-order valence-corrected chi connectivity index (χ1v) is 8.71. The van der Waals surface area contributed by atoms with E-state index in [0.29, 0.717) is 18.8 Å². The maximum Gasteiger partial charge on any atom is 0.423 e. The van der Waals surface area contributed by atoms with Crippen molar-refractivity contribution in [1.29, 1.82) is 0 Å². The van der Waals surface area contributed by atoms with Gasteiger partial charge in [-0.05, 0) is 43.7 Å². The molecule has 0 atom stereocenters. The van der Waals surface area contributed by atoms with Crippen molar-refractivity contribution in [3.8, 4) is 0 Å². The summed E-state index contributed by atoms with van der Waals surface area (Å²) in [5.41, 5.74) is -2.09. The first kappa shape index (κ1) is 19.4. The zero-order chi connectivity index (χ0) is 19.8. The smallest absolute Gasteiger partial charge is 0.423 e. The molecule has 148 valence electrons. The Hall–Kier alpha value is -2.36. The highest BCUT2D eigenvalue weighted by Gasteiger charge is 2.40. The fourth-order valence-electron chi connectivity index (χ4n) is 3.40. The summed E-state index contributed by atoms with van der Waals surface area (Å²) in [5, 5.41) is 22.8. The average Bonchev–Trinajstić information content (AvgIpc) is 3.32. The topological polar surface area (TPSA) is 95.7 Å². The summed E-state index contributed by atoms with van der Waals surface area (Å²) in [6.45, 7) is 0.698. The molecule has 0 aliphatic heterocycles. The van der Waals surface area contributed by atoms with E-state index in [0.717, 1.165) is 31.5 Å². The minimum atomic E-state index is -4.81. The number of carbonyl (C=O) groups is 1. The SMILES string of the molecule is O=C(O)CN(CC1CC1)C1CC(Nc2ccc([N+](=O)[O-])c(C(F)(F)F)c2)C1. The molecule has 27 heavy (non-hydrogen) atoms. The maximum atomic E-state index is 13.0. The third-order valence-electron chi connectivity index (χ3n) is 5.03. The van der Waals surface area contributed by atoms with Crippen LogP contribution in [0.5, 0.6) is 0 Å². The maximum absolute atomic E-state index is 13.0. The number of hydrogen-bond donors (Lipinski definition) is 2. The van der Waals surface area contributed by atoms with E-state index in [1.807, 2.05) is 4.90 Å². The predicted molar refractivity (Wildman–Crippen MR) is 90.5 cm³/mol. The highest BCUT2D eigenvalue weighted by atomic mass is 19.4. The standard InChI is InChI=1S/C17H20F3N3O4/c18-17(19,20)14-7-11(3-4-15(14)23(26)27)21-12-5-13(6-12)22(9-16(24)25)8-10-1-2-10/h3-4,7,10,12-13,21H,1-2,5-6,8-9H2,(H,24,25). The summed E-state index contributed by atoms with van der Waals surface area (Å²) in [4.78, 5) is 22.7. The molecule has 7 nitrogen and oxygen atoms in total. The molecule has 0 bridgehead atoms. The lowest BCUT2D eigenvalue weighted by Crippen LogP contribution is -2.52. The van der Waals surface area contributed by atoms with E-state index in [2.05, 4.69) is 5.32 Å². The second-order valence-corrected chi connectivity index (χ2v) is 7.22. The largest absolute Gasteiger partial charge is 0.480 e. The molecule has 2 aliphatic carbocycles. The zero-order valence-electron chi connectivity index (χ0n) is 14.4. The van der Waals surface area contributed by atoms with Gasteiger partial charge in [0.25, 0.3) is 5.69 Å². The van der Waals surface area contributed by atoms with Gasteiger partial charge in [0, 0.05) is 30.4 Å². The fraction of sp³-hybridized carbons (Fsp3) is 0.588. The van der Waals surface area contributed by atoms with Crippen LogP contribution in [-0.2, 0) is 11.0 Å². The molecule has 2 N–H and O–H groups in total. The van der Waals surface area contributed by atoms with Gasteiger partial charge in [-0.15, -0.1) is 0 Å². The van der Waals surface area contributed by atoms with E-state index in [1.165, 1.54) is 6.07 Å². The first-order valence-electron chi connectivity index (χ1n) is 8.71. The molecule has 0 aromatic heterocycles. The van der Waals surface area contributed by atoms with Gasteiger partial charge < -0.3 is 10.4 Å². The summed E-state index contributed by atoms with van der Waals surface area (Å²) in [6, 6.07) is 2.86.